The smallest absolute Gasteiger partial charge is 0.0307 e. The summed E-state index contributed by atoms with van der Waals surface area (Å²) in [6, 6.07) is 28.0. The molecule has 0 spiro atoms. The molecule has 2 radical (unpaired) electrons. The molecule has 0 saturated carbocycles. The fourth-order valence-electron chi connectivity index (χ4n) is 6.58. The Morgan fingerprint density at radius 2 is 1.46 bits per heavy atom. The topological polar surface area (TPSA) is 0 Å². The Morgan fingerprint density at radius 1 is 0.780 bits per heavy atom. The second-order valence-corrected chi connectivity index (χ2v) is 14.6. The molecule has 0 bridgehead atoms. The number of hydrogen-bond acceptors (Lipinski definition) is 0. The predicted octanol–water partition coefficient (Wildman–Crippen LogP) is 11.6. The average Bonchev–Trinajstić information content (AvgIpc) is 3.45. The van der Waals surface area contributed by atoms with Gasteiger partial charge in [-0.15, -0.1) is 33.7 Å². The van der Waals surface area contributed by atoms with Crippen LogP contribution in [0.25, 0.3) is 38.4 Å². The molecule has 0 nitrogen and oxygen atoms in total. The van der Waals surface area contributed by atoms with Crippen LogP contribution in [0.4, 0.5) is 0 Å². The first-order valence-electron chi connectivity index (χ1n) is 15.0. The molecule has 2 heteroatoms. The van der Waals surface area contributed by atoms with E-state index in [9.17, 15) is 0 Å². The summed E-state index contributed by atoms with van der Waals surface area (Å²) < 4.78 is 0. The van der Waals surface area contributed by atoms with Crippen molar-refractivity contribution in [1.29, 1.82) is 0 Å². The van der Waals surface area contributed by atoms with Crippen LogP contribution >= 0.6 is 0 Å². The number of fused-ring (bicyclic) bond motifs is 6. The molecule has 0 heterocycles. The zero-order chi connectivity index (χ0) is 28.8. The number of benzene rings is 4. The Hall–Kier alpha value is -2.15. The van der Waals surface area contributed by atoms with Crippen molar-refractivity contribution in [3.8, 4) is 0 Å². The molecule has 0 amide bonds. The van der Waals surface area contributed by atoms with Gasteiger partial charge < -0.3 is 0 Å². The maximum atomic E-state index is 2.53. The van der Waals surface area contributed by atoms with Crippen molar-refractivity contribution < 1.29 is 26.2 Å². The maximum Gasteiger partial charge on any atom is 0.0307 e. The first-order chi connectivity index (χ1) is 19.0. The Bertz CT molecular complexity index is 1720. The van der Waals surface area contributed by atoms with Crippen LogP contribution in [0.3, 0.4) is 0 Å². The normalized spacial score (nSPS) is 15.0. The third-order valence-electron chi connectivity index (χ3n) is 8.45. The summed E-state index contributed by atoms with van der Waals surface area (Å²) in [6.45, 7) is 20.7. The largest absolute Gasteiger partial charge is 0.126 e. The first-order valence-corrected chi connectivity index (χ1v) is 17.0. The van der Waals surface area contributed by atoms with E-state index in [1.165, 1.54) is 60.1 Å². The van der Waals surface area contributed by atoms with Gasteiger partial charge in [0.2, 0.25) is 0 Å². The van der Waals surface area contributed by atoms with Crippen molar-refractivity contribution in [1.82, 2.24) is 0 Å². The van der Waals surface area contributed by atoms with E-state index in [2.05, 4.69) is 140 Å². The van der Waals surface area contributed by atoms with Crippen LogP contribution in [0.5, 0.6) is 0 Å². The van der Waals surface area contributed by atoms with Gasteiger partial charge in [-0.1, -0.05) is 157 Å². The van der Waals surface area contributed by atoms with Gasteiger partial charge >= 0.3 is 0 Å². The van der Waals surface area contributed by atoms with Gasteiger partial charge in [0.1, 0.15) is 0 Å². The van der Waals surface area contributed by atoms with E-state index in [1.54, 1.807) is 5.57 Å². The van der Waals surface area contributed by atoms with Gasteiger partial charge in [-0.2, -0.15) is 0 Å². The molecule has 5 aromatic carbocycles. The van der Waals surface area contributed by atoms with Crippen molar-refractivity contribution in [2.75, 3.05) is 0 Å². The van der Waals surface area contributed by atoms with E-state index in [0.717, 1.165) is 22.4 Å². The number of hydrogen-bond donors (Lipinski definition) is 0. The monoisotopic (exact) mass is 631 g/mol. The third kappa shape index (κ3) is 5.89. The molecule has 0 aromatic heterocycles. The van der Waals surface area contributed by atoms with E-state index in [4.69, 9.17) is 0 Å². The van der Waals surface area contributed by atoms with E-state index in [0.29, 0.717) is 5.92 Å². The van der Waals surface area contributed by atoms with Gasteiger partial charge in [0.05, 0.1) is 0 Å². The van der Waals surface area contributed by atoms with E-state index < -0.39 is 0 Å². The van der Waals surface area contributed by atoms with Crippen molar-refractivity contribution >= 4 is 47.9 Å². The van der Waals surface area contributed by atoms with Crippen LogP contribution in [-0.4, -0.2) is 9.52 Å². The summed E-state index contributed by atoms with van der Waals surface area (Å²) in [5.41, 5.74) is 9.05. The molecule has 0 fully saturated rings. The van der Waals surface area contributed by atoms with Crippen molar-refractivity contribution in [2.45, 2.75) is 91.1 Å². The quantitative estimate of drug-likeness (QED) is 0.137. The minimum absolute atomic E-state index is 0. The molecular formula is C39H45SiZr-. The zero-order valence-corrected chi connectivity index (χ0v) is 30.0. The third-order valence-corrected chi connectivity index (χ3v) is 8.45. The van der Waals surface area contributed by atoms with Gasteiger partial charge in [-0.3, -0.25) is 0 Å². The number of rotatable bonds is 3. The molecule has 1 aliphatic carbocycles. The maximum absolute atomic E-state index is 2.53. The average molecular weight is 633 g/mol. The van der Waals surface area contributed by atoms with Gasteiger partial charge in [0.15, 0.2) is 0 Å². The Morgan fingerprint density at radius 3 is 2.12 bits per heavy atom. The molecule has 41 heavy (non-hydrogen) atoms. The zero-order valence-electron chi connectivity index (χ0n) is 26.5. The van der Waals surface area contributed by atoms with Crippen LogP contribution in [0.15, 0.2) is 78.4 Å². The van der Waals surface area contributed by atoms with Gasteiger partial charge in [0, 0.05) is 41.6 Å². The molecule has 5 aromatic rings. The van der Waals surface area contributed by atoms with Gasteiger partial charge in [0.25, 0.3) is 0 Å². The standard InChI is InChI=1S/C37H39.C2H6Si.Zr/c1-8-11-24-21-31-27-13-10-9-12-23(27)14-16-30(31)34(24)35-32-22-25-20-26(36(2,3)4)15-17-28(25)29(32)18-19-33(35)37(5,6)7;1-3-2;/h9-10,12-22,34H,8,11H2,1-7H3;1-2H3;/q-1;;. The van der Waals surface area contributed by atoms with E-state index >= 15 is 0 Å². The Balaban J connectivity index is 0.000000929. The first kappa shape index (κ1) is 31.8. The second-order valence-electron chi connectivity index (χ2n) is 13.6. The Labute approximate surface area is 269 Å². The van der Waals surface area contributed by atoms with Crippen LogP contribution < -0.4 is 0 Å². The SMILES string of the molecule is CCCC1=Cc2c(ccc3ccccc23)C1c1c(C(C)(C)C)ccc2c1[cH-]c1cc(C(C)(C)C)ccc12.C[Si]C.[Zr]. The predicted molar refractivity (Wildman–Crippen MR) is 181 cm³/mol. The summed E-state index contributed by atoms with van der Waals surface area (Å²) in [4.78, 5) is 0. The molecule has 6 rings (SSSR count). The summed E-state index contributed by atoms with van der Waals surface area (Å²) in [5, 5.41) is 8.28. The Kier molecular flexibility index (Phi) is 9.47. The van der Waals surface area contributed by atoms with Crippen LogP contribution in [0, 0.1) is 0 Å². The second kappa shape index (κ2) is 12.2. The molecule has 0 saturated heterocycles. The molecule has 210 valence electrons. The van der Waals surface area contributed by atoms with Crippen molar-refractivity contribution in [3.05, 3.63) is 106 Å². The summed E-state index contributed by atoms with van der Waals surface area (Å²) in [5.74, 6) is 0.302. The molecule has 1 atom stereocenters. The van der Waals surface area contributed by atoms with Crippen molar-refractivity contribution in [3.63, 3.8) is 0 Å². The minimum Gasteiger partial charge on any atom is -0.126 e. The molecular weight excluding hydrogens is 588 g/mol. The van der Waals surface area contributed by atoms with Crippen LogP contribution in [-0.2, 0) is 37.0 Å². The molecule has 1 unspecified atom stereocenters. The van der Waals surface area contributed by atoms with Crippen molar-refractivity contribution in [2.24, 2.45) is 0 Å². The molecule has 0 aliphatic heterocycles. The fourth-order valence-corrected chi connectivity index (χ4v) is 6.58. The van der Waals surface area contributed by atoms with Crippen LogP contribution in [0.1, 0.15) is 95.0 Å². The molecule has 1 aliphatic rings. The molecule has 0 N–H and O–H groups in total. The number of allylic oxidation sites excluding steroid dienone is 1. The van der Waals surface area contributed by atoms with E-state index in [-0.39, 0.29) is 37.0 Å². The van der Waals surface area contributed by atoms with Gasteiger partial charge in [-0.05, 0) is 39.2 Å². The van der Waals surface area contributed by atoms with E-state index in [1.807, 2.05) is 0 Å². The van der Waals surface area contributed by atoms with Crippen LogP contribution in [0.2, 0.25) is 13.1 Å². The summed E-state index contributed by atoms with van der Waals surface area (Å²) in [7, 11) is 1.08. The fraction of sp³-hybridized carbons (Fsp3) is 0.359. The van der Waals surface area contributed by atoms with Gasteiger partial charge in [-0.25, -0.2) is 0 Å². The minimum atomic E-state index is 0. The summed E-state index contributed by atoms with van der Waals surface area (Å²) in [6.07, 6.45) is 4.81. The summed E-state index contributed by atoms with van der Waals surface area (Å²) >= 11 is 0.